The van der Waals surface area contributed by atoms with Crippen molar-refractivity contribution in [2.75, 3.05) is 18.9 Å². The molecule has 0 spiro atoms. The number of aryl methyl sites for hydroxylation is 1. The molecule has 9 heteroatoms. The normalized spacial score (nSPS) is 23.8. The molecule has 1 aromatic carbocycles. The molecule has 2 saturated heterocycles. The number of carbonyl (C=O) groups is 4. The molecule has 2 bridgehead atoms. The van der Waals surface area contributed by atoms with Crippen molar-refractivity contribution in [2.24, 2.45) is 0 Å². The van der Waals surface area contributed by atoms with Crippen molar-refractivity contribution in [2.45, 2.75) is 62.9 Å². The highest BCUT2D eigenvalue weighted by Crippen LogP contribution is 2.37. The molecular weight excluding hydrogens is 400 g/mol. The Kier molecular flexibility index (Phi) is 5.84. The summed E-state index contributed by atoms with van der Waals surface area (Å²) in [5.74, 6) is -1.44. The minimum absolute atomic E-state index is 0.176. The largest absolute Gasteiger partial charge is 0.465 e. The van der Waals surface area contributed by atoms with Crippen molar-refractivity contribution < 1.29 is 24.3 Å². The molecule has 3 aliphatic rings. The third kappa shape index (κ3) is 4.08. The number of rotatable bonds is 4. The lowest BCUT2D eigenvalue weighted by atomic mass is 9.99. The number of carbonyl (C=O) groups excluding carboxylic acids is 3. The first-order valence-electron chi connectivity index (χ1n) is 10.9. The molecule has 3 N–H and O–H groups in total. The molecule has 2 heterocycles. The predicted octanol–water partition coefficient (Wildman–Crippen LogP) is 2.52. The van der Waals surface area contributed by atoms with Crippen LogP contribution in [-0.2, 0) is 16.0 Å². The molecule has 31 heavy (non-hydrogen) atoms. The lowest BCUT2D eigenvalue weighted by Gasteiger charge is -2.36. The van der Waals surface area contributed by atoms with E-state index in [-0.39, 0.29) is 24.0 Å². The minimum atomic E-state index is -1.39. The van der Waals surface area contributed by atoms with Gasteiger partial charge in [0.2, 0.25) is 11.8 Å². The Morgan fingerprint density at radius 2 is 1.81 bits per heavy atom. The number of carboxylic acid groups (broad SMARTS) is 1. The van der Waals surface area contributed by atoms with Gasteiger partial charge in [0.1, 0.15) is 6.54 Å². The fourth-order valence-corrected chi connectivity index (χ4v) is 5.31. The number of fused-ring (bicyclic) bond motifs is 3. The summed E-state index contributed by atoms with van der Waals surface area (Å²) in [4.78, 5) is 52.0. The van der Waals surface area contributed by atoms with Gasteiger partial charge in [0.15, 0.2) is 0 Å². The second kappa shape index (κ2) is 8.56. The van der Waals surface area contributed by atoms with Crippen LogP contribution in [0.5, 0.6) is 0 Å². The van der Waals surface area contributed by atoms with E-state index in [1.165, 1.54) is 7.05 Å². The molecule has 4 rings (SSSR count). The third-order valence-corrected chi connectivity index (χ3v) is 6.78. The second-order valence-corrected chi connectivity index (χ2v) is 8.53. The van der Waals surface area contributed by atoms with Gasteiger partial charge in [-0.15, -0.1) is 0 Å². The Balaban J connectivity index is 1.48. The van der Waals surface area contributed by atoms with Crippen LogP contribution in [0.2, 0.25) is 0 Å². The maximum Gasteiger partial charge on any atom is 0.414 e. The molecule has 2 aliphatic heterocycles. The van der Waals surface area contributed by atoms with E-state index < -0.39 is 24.5 Å². The maximum absolute atomic E-state index is 13.2. The fourth-order valence-electron chi connectivity index (χ4n) is 5.31. The topological polar surface area (TPSA) is 119 Å². The molecule has 0 saturated carbocycles. The molecule has 0 radical (unpaired) electrons. The van der Waals surface area contributed by atoms with E-state index in [4.69, 9.17) is 0 Å². The number of piperidine rings is 1. The third-order valence-electron chi connectivity index (χ3n) is 6.78. The highest BCUT2D eigenvalue weighted by Gasteiger charge is 2.42. The van der Waals surface area contributed by atoms with Gasteiger partial charge < -0.3 is 20.6 Å². The summed E-state index contributed by atoms with van der Waals surface area (Å²) in [7, 11) is 1.52. The molecule has 9 nitrogen and oxygen atoms in total. The summed E-state index contributed by atoms with van der Waals surface area (Å²) in [6.45, 7) is -0.427. The van der Waals surface area contributed by atoms with Crippen molar-refractivity contribution in [1.29, 1.82) is 0 Å². The lowest BCUT2D eigenvalue weighted by molar-refractivity contribution is -0.142. The summed E-state index contributed by atoms with van der Waals surface area (Å²) in [5, 5.41) is 14.9. The molecule has 166 valence electrons. The molecule has 1 aromatic rings. The number of benzene rings is 1. The number of anilines is 1. The number of nitrogens with zero attached hydrogens (tertiary/aromatic N) is 2. The van der Waals surface area contributed by atoms with Crippen LogP contribution >= 0.6 is 0 Å². The first-order chi connectivity index (χ1) is 14.9. The SMILES string of the molecule is CNC(=O)Nc1ccc2c(c1)CC[C@@H]2C(=O)N(CC(=O)N1C2CCCC1CC2)C(=O)O. The summed E-state index contributed by atoms with van der Waals surface area (Å²) >= 11 is 0. The summed E-state index contributed by atoms with van der Waals surface area (Å²) in [5.41, 5.74) is 2.26. The molecular formula is C22H28N4O5. The van der Waals surface area contributed by atoms with E-state index in [9.17, 15) is 24.3 Å². The van der Waals surface area contributed by atoms with E-state index in [0.29, 0.717) is 23.4 Å². The van der Waals surface area contributed by atoms with Gasteiger partial charge >= 0.3 is 12.1 Å². The van der Waals surface area contributed by atoms with Crippen LogP contribution in [0.1, 0.15) is 55.6 Å². The van der Waals surface area contributed by atoms with E-state index in [1.807, 2.05) is 4.90 Å². The monoisotopic (exact) mass is 428 g/mol. The highest BCUT2D eigenvalue weighted by molar-refractivity contribution is 5.99. The minimum Gasteiger partial charge on any atom is -0.465 e. The van der Waals surface area contributed by atoms with Gasteiger partial charge in [-0.05, 0) is 68.2 Å². The Hall–Kier alpha value is -3.10. The number of nitrogens with one attached hydrogen (secondary N) is 2. The zero-order chi connectivity index (χ0) is 22.1. The van der Waals surface area contributed by atoms with Gasteiger partial charge in [0.25, 0.3) is 0 Å². The van der Waals surface area contributed by atoms with Crippen LogP contribution in [0, 0.1) is 0 Å². The van der Waals surface area contributed by atoms with Crippen molar-refractivity contribution >= 4 is 29.6 Å². The first-order valence-corrected chi connectivity index (χ1v) is 10.9. The van der Waals surface area contributed by atoms with Gasteiger partial charge in [-0.25, -0.2) is 14.5 Å². The summed E-state index contributed by atoms with van der Waals surface area (Å²) < 4.78 is 0. The summed E-state index contributed by atoms with van der Waals surface area (Å²) in [6.07, 6.45) is 4.60. The number of imide groups is 1. The molecule has 2 fully saturated rings. The van der Waals surface area contributed by atoms with Crippen molar-refractivity contribution in [1.82, 2.24) is 15.1 Å². The van der Waals surface area contributed by atoms with E-state index in [1.54, 1.807) is 18.2 Å². The average molecular weight is 428 g/mol. The zero-order valence-corrected chi connectivity index (χ0v) is 17.6. The lowest BCUT2D eigenvalue weighted by Crippen LogP contribution is -2.51. The van der Waals surface area contributed by atoms with Gasteiger partial charge in [-0.2, -0.15) is 0 Å². The van der Waals surface area contributed by atoms with Gasteiger partial charge in [-0.3, -0.25) is 9.59 Å². The Morgan fingerprint density at radius 1 is 1.10 bits per heavy atom. The molecule has 2 unspecified atom stereocenters. The van der Waals surface area contributed by atoms with Gasteiger partial charge in [-0.1, -0.05) is 6.07 Å². The van der Waals surface area contributed by atoms with Crippen LogP contribution in [0.4, 0.5) is 15.3 Å². The fraction of sp³-hybridized carbons (Fsp3) is 0.545. The first kappa shape index (κ1) is 21.1. The van der Waals surface area contributed by atoms with Crippen molar-refractivity contribution in [3.8, 4) is 0 Å². The van der Waals surface area contributed by atoms with Crippen molar-refractivity contribution in [3.63, 3.8) is 0 Å². The Bertz CT molecular complexity index is 901. The molecule has 5 amide bonds. The van der Waals surface area contributed by atoms with Crippen LogP contribution in [0.3, 0.4) is 0 Å². The van der Waals surface area contributed by atoms with E-state index >= 15 is 0 Å². The maximum atomic E-state index is 13.2. The predicted molar refractivity (Wildman–Crippen MR) is 113 cm³/mol. The number of hydrogen-bond donors (Lipinski definition) is 3. The molecule has 0 aromatic heterocycles. The standard InChI is InChI=1S/C22H28N4O5/c1-23-21(29)24-14-6-10-17-13(11-14)5-9-18(17)20(28)25(22(30)31)12-19(27)26-15-3-2-4-16(26)8-7-15/h6,10-11,15-16,18H,2-5,7-9,12H2,1H3,(H,30,31)(H2,23,24,29)/t15?,16?,18-/m0/s1. The molecule has 3 atom stereocenters. The number of urea groups is 1. The van der Waals surface area contributed by atoms with Crippen LogP contribution < -0.4 is 10.6 Å². The smallest absolute Gasteiger partial charge is 0.414 e. The second-order valence-electron chi connectivity index (χ2n) is 8.53. The van der Waals surface area contributed by atoms with Crippen LogP contribution in [0.15, 0.2) is 18.2 Å². The van der Waals surface area contributed by atoms with Crippen LogP contribution in [0.25, 0.3) is 0 Å². The Labute approximate surface area is 180 Å². The molecule has 1 aliphatic carbocycles. The van der Waals surface area contributed by atoms with Gasteiger partial charge in [0.05, 0.1) is 5.92 Å². The number of hydrogen-bond acceptors (Lipinski definition) is 4. The Morgan fingerprint density at radius 3 is 2.45 bits per heavy atom. The quantitative estimate of drug-likeness (QED) is 0.681. The van der Waals surface area contributed by atoms with E-state index in [0.717, 1.165) is 43.2 Å². The van der Waals surface area contributed by atoms with Crippen molar-refractivity contribution in [3.05, 3.63) is 29.3 Å². The van der Waals surface area contributed by atoms with Crippen LogP contribution in [-0.4, -0.2) is 64.5 Å². The van der Waals surface area contributed by atoms with Gasteiger partial charge in [0, 0.05) is 24.8 Å². The summed E-state index contributed by atoms with van der Waals surface area (Å²) in [6, 6.07) is 5.27. The zero-order valence-electron chi connectivity index (χ0n) is 17.6. The average Bonchev–Trinajstić information content (AvgIpc) is 3.28. The highest BCUT2D eigenvalue weighted by atomic mass is 16.4. The number of amides is 5. The van der Waals surface area contributed by atoms with E-state index in [2.05, 4.69) is 10.6 Å².